The SMILES string of the molecule is CCC1CCC2(CC1)NC(=O)N(CC(=O)NC(CN)CC(C)C)C2=O. The second-order valence-corrected chi connectivity index (χ2v) is 7.88. The third kappa shape index (κ3) is 4.51. The molecular weight excluding hydrogens is 320 g/mol. The number of amides is 4. The molecule has 1 heterocycles. The van der Waals surface area contributed by atoms with Crippen molar-refractivity contribution in [2.45, 2.75) is 70.9 Å². The highest BCUT2D eigenvalue weighted by Crippen LogP contribution is 2.37. The number of nitrogens with two attached hydrogens (primary N) is 1. The van der Waals surface area contributed by atoms with Crippen molar-refractivity contribution < 1.29 is 14.4 Å². The fraction of sp³-hybridized carbons (Fsp3) is 0.833. The summed E-state index contributed by atoms with van der Waals surface area (Å²) in [5, 5.41) is 5.69. The molecule has 1 aliphatic heterocycles. The maximum atomic E-state index is 12.8. The van der Waals surface area contributed by atoms with E-state index in [9.17, 15) is 14.4 Å². The van der Waals surface area contributed by atoms with Gasteiger partial charge in [-0.2, -0.15) is 0 Å². The minimum Gasteiger partial charge on any atom is -0.351 e. The van der Waals surface area contributed by atoms with Gasteiger partial charge >= 0.3 is 6.03 Å². The molecule has 0 aromatic rings. The third-order valence-electron chi connectivity index (χ3n) is 5.49. The second-order valence-electron chi connectivity index (χ2n) is 7.88. The standard InChI is InChI=1S/C18H32N4O3/c1-4-13-5-7-18(8-6-13)16(24)22(17(25)21-18)11-15(23)20-14(10-19)9-12(2)3/h12-14H,4-11,19H2,1-3H3,(H,20,23)(H,21,25). The Hall–Kier alpha value is -1.63. The predicted molar refractivity (Wildman–Crippen MR) is 95.7 cm³/mol. The molecule has 1 spiro atoms. The Kier molecular flexibility index (Phi) is 6.43. The van der Waals surface area contributed by atoms with E-state index in [-0.39, 0.29) is 24.4 Å². The number of carbonyl (C=O) groups is 3. The summed E-state index contributed by atoms with van der Waals surface area (Å²) in [4.78, 5) is 38.4. The van der Waals surface area contributed by atoms with Gasteiger partial charge in [0.1, 0.15) is 12.1 Å². The van der Waals surface area contributed by atoms with Gasteiger partial charge in [0, 0.05) is 12.6 Å². The molecule has 4 amide bonds. The van der Waals surface area contributed by atoms with E-state index < -0.39 is 11.6 Å². The van der Waals surface area contributed by atoms with Crippen molar-refractivity contribution >= 4 is 17.8 Å². The zero-order valence-corrected chi connectivity index (χ0v) is 15.6. The second kappa shape index (κ2) is 8.17. The van der Waals surface area contributed by atoms with Crippen LogP contribution in [0.2, 0.25) is 0 Å². The molecule has 0 bridgehead atoms. The average Bonchev–Trinajstić information content (AvgIpc) is 2.79. The summed E-state index contributed by atoms with van der Waals surface area (Å²) in [5.41, 5.74) is 4.90. The van der Waals surface area contributed by atoms with Gasteiger partial charge in [0.2, 0.25) is 5.91 Å². The summed E-state index contributed by atoms with van der Waals surface area (Å²) in [7, 11) is 0. The molecule has 2 rings (SSSR count). The average molecular weight is 352 g/mol. The summed E-state index contributed by atoms with van der Waals surface area (Å²) in [5.74, 6) is 0.436. The number of urea groups is 1. The van der Waals surface area contributed by atoms with Crippen molar-refractivity contribution in [3.63, 3.8) is 0 Å². The number of hydrogen-bond acceptors (Lipinski definition) is 4. The maximum Gasteiger partial charge on any atom is 0.325 e. The molecule has 142 valence electrons. The first-order valence-electron chi connectivity index (χ1n) is 9.44. The van der Waals surface area contributed by atoms with E-state index in [1.165, 1.54) is 0 Å². The number of rotatable bonds is 7. The van der Waals surface area contributed by atoms with Gasteiger partial charge in [-0.25, -0.2) is 4.79 Å². The number of hydrogen-bond donors (Lipinski definition) is 3. The molecule has 0 aromatic heterocycles. The Labute approximate surface area is 150 Å². The van der Waals surface area contributed by atoms with Crippen LogP contribution in [0.1, 0.15) is 59.3 Å². The van der Waals surface area contributed by atoms with Crippen LogP contribution in [0.3, 0.4) is 0 Å². The largest absolute Gasteiger partial charge is 0.351 e. The van der Waals surface area contributed by atoms with Gasteiger partial charge in [-0.05, 0) is 43.9 Å². The molecule has 1 atom stereocenters. The van der Waals surface area contributed by atoms with Crippen molar-refractivity contribution in [2.24, 2.45) is 17.6 Å². The van der Waals surface area contributed by atoms with Gasteiger partial charge in [0.15, 0.2) is 0 Å². The Morgan fingerprint density at radius 3 is 2.52 bits per heavy atom. The molecule has 1 aliphatic carbocycles. The van der Waals surface area contributed by atoms with Crippen molar-refractivity contribution in [3.05, 3.63) is 0 Å². The molecule has 4 N–H and O–H groups in total. The molecule has 0 aromatic carbocycles. The van der Waals surface area contributed by atoms with Crippen LogP contribution in [0, 0.1) is 11.8 Å². The van der Waals surface area contributed by atoms with Crippen LogP contribution in [0.15, 0.2) is 0 Å². The highest BCUT2D eigenvalue weighted by Gasteiger charge is 2.52. The number of nitrogens with zero attached hydrogens (tertiary/aromatic N) is 1. The monoisotopic (exact) mass is 352 g/mol. The highest BCUT2D eigenvalue weighted by molar-refractivity contribution is 6.09. The highest BCUT2D eigenvalue weighted by atomic mass is 16.2. The molecule has 2 fully saturated rings. The van der Waals surface area contributed by atoms with Crippen LogP contribution in [-0.2, 0) is 9.59 Å². The summed E-state index contributed by atoms with van der Waals surface area (Å²) in [6, 6.07) is -0.592. The molecule has 1 saturated carbocycles. The first-order chi connectivity index (χ1) is 11.8. The van der Waals surface area contributed by atoms with Crippen LogP contribution in [0.25, 0.3) is 0 Å². The lowest BCUT2D eigenvalue weighted by Crippen LogP contribution is -2.50. The van der Waals surface area contributed by atoms with Crippen molar-refractivity contribution in [2.75, 3.05) is 13.1 Å². The molecular formula is C18H32N4O3. The van der Waals surface area contributed by atoms with Crippen molar-refractivity contribution in [3.8, 4) is 0 Å². The van der Waals surface area contributed by atoms with Crippen LogP contribution < -0.4 is 16.4 Å². The van der Waals surface area contributed by atoms with E-state index >= 15 is 0 Å². The number of carbonyl (C=O) groups excluding carboxylic acids is 3. The molecule has 7 heteroatoms. The quantitative estimate of drug-likeness (QED) is 0.602. The van der Waals surface area contributed by atoms with Crippen LogP contribution >= 0.6 is 0 Å². The number of imide groups is 1. The van der Waals surface area contributed by atoms with Gasteiger partial charge in [0.05, 0.1) is 0 Å². The lowest BCUT2D eigenvalue weighted by atomic mass is 9.75. The topological polar surface area (TPSA) is 105 Å². The summed E-state index contributed by atoms with van der Waals surface area (Å²) < 4.78 is 0. The van der Waals surface area contributed by atoms with E-state index in [0.717, 1.165) is 30.6 Å². The summed E-state index contributed by atoms with van der Waals surface area (Å²) >= 11 is 0. The molecule has 0 radical (unpaired) electrons. The molecule has 25 heavy (non-hydrogen) atoms. The normalized spacial score (nSPS) is 27.7. The zero-order chi connectivity index (χ0) is 18.6. The van der Waals surface area contributed by atoms with E-state index in [1.807, 2.05) is 0 Å². The molecule has 1 saturated heterocycles. The summed E-state index contributed by atoms with van der Waals surface area (Å²) in [6.07, 6.45) is 5.06. The molecule has 7 nitrogen and oxygen atoms in total. The van der Waals surface area contributed by atoms with Crippen molar-refractivity contribution in [1.29, 1.82) is 0 Å². The van der Waals surface area contributed by atoms with Gasteiger partial charge < -0.3 is 16.4 Å². The maximum absolute atomic E-state index is 12.8. The van der Waals surface area contributed by atoms with E-state index in [2.05, 4.69) is 31.4 Å². The van der Waals surface area contributed by atoms with Gasteiger partial charge in [0.25, 0.3) is 5.91 Å². The fourth-order valence-electron chi connectivity index (χ4n) is 3.94. The minimum atomic E-state index is -0.797. The Morgan fingerprint density at radius 2 is 2.00 bits per heavy atom. The smallest absolute Gasteiger partial charge is 0.325 e. The van der Waals surface area contributed by atoms with Gasteiger partial charge in [-0.1, -0.05) is 27.2 Å². The first-order valence-corrected chi connectivity index (χ1v) is 9.44. The zero-order valence-electron chi connectivity index (χ0n) is 15.6. The fourth-order valence-corrected chi connectivity index (χ4v) is 3.94. The van der Waals surface area contributed by atoms with Crippen LogP contribution in [-0.4, -0.2) is 47.4 Å². The minimum absolute atomic E-state index is 0.137. The van der Waals surface area contributed by atoms with Gasteiger partial charge in [-0.3, -0.25) is 14.5 Å². The predicted octanol–water partition coefficient (Wildman–Crippen LogP) is 1.37. The van der Waals surface area contributed by atoms with Crippen molar-refractivity contribution in [1.82, 2.24) is 15.5 Å². The Morgan fingerprint density at radius 1 is 1.36 bits per heavy atom. The van der Waals surface area contributed by atoms with E-state index in [0.29, 0.717) is 31.2 Å². The van der Waals surface area contributed by atoms with Crippen LogP contribution in [0.5, 0.6) is 0 Å². The Balaban J connectivity index is 1.95. The lowest BCUT2D eigenvalue weighted by Gasteiger charge is -2.34. The Bertz CT molecular complexity index is 512. The lowest BCUT2D eigenvalue weighted by molar-refractivity contribution is -0.136. The first kappa shape index (κ1) is 19.7. The number of nitrogens with one attached hydrogen (secondary N) is 2. The van der Waals surface area contributed by atoms with Gasteiger partial charge in [-0.15, -0.1) is 0 Å². The van der Waals surface area contributed by atoms with E-state index in [4.69, 9.17) is 5.73 Å². The summed E-state index contributed by atoms with van der Waals surface area (Å²) in [6.45, 7) is 6.37. The third-order valence-corrected chi connectivity index (χ3v) is 5.49. The van der Waals surface area contributed by atoms with Crippen LogP contribution in [0.4, 0.5) is 4.79 Å². The molecule has 1 unspecified atom stereocenters. The molecule has 2 aliphatic rings. The van der Waals surface area contributed by atoms with E-state index in [1.54, 1.807) is 0 Å².